The van der Waals surface area contributed by atoms with Crippen LogP contribution in [0.25, 0.3) is 11.3 Å². The minimum atomic E-state index is -0.212. The maximum atomic E-state index is 13.7. The molecule has 19 heavy (non-hydrogen) atoms. The number of aryl methyl sites for hydroxylation is 1. The number of hydrogen-bond donors (Lipinski definition) is 1. The van der Waals surface area contributed by atoms with Crippen LogP contribution in [0.4, 0.5) is 10.2 Å². The summed E-state index contributed by atoms with van der Waals surface area (Å²) in [5.41, 5.74) is 8.28. The molecule has 1 aromatic carbocycles. The fraction of sp³-hybridized carbons (Fsp3) is 0.400. The van der Waals surface area contributed by atoms with Crippen LogP contribution in [0.15, 0.2) is 18.2 Å². The second-order valence-corrected chi connectivity index (χ2v) is 5.48. The minimum absolute atomic E-state index is 0.212. The molecule has 3 nitrogen and oxygen atoms in total. The molecule has 3 rings (SSSR count). The summed E-state index contributed by atoms with van der Waals surface area (Å²) in [4.78, 5) is 4.61. The first-order valence-corrected chi connectivity index (χ1v) is 6.67. The van der Waals surface area contributed by atoms with Crippen LogP contribution in [0.5, 0.6) is 0 Å². The van der Waals surface area contributed by atoms with Crippen LogP contribution in [-0.4, -0.2) is 9.55 Å². The summed E-state index contributed by atoms with van der Waals surface area (Å²) in [5, 5.41) is 0. The number of rotatable bonds is 1. The van der Waals surface area contributed by atoms with Gasteiger partial charge in [0.1, 0.15) is 23.2 Å². The summed E-state index contributed by atoms with van der Waals surface area (Å²) in [6.45, 7) is 4.88. The van der Waals surface area contributed by atoms with Gasteiger partial charge in [-0.05, 0) is 30.9 Å². The third-order valence-corrected chi connectivity index (χ3v) is 3.91. The van der Waals surface area contributed by atoms with Crippen molar-refractivity contribution in [1.29, 1.82) is 0 Å². The average Bonchev–Trinajstić information content (AvgIpc) is 2.70. The lowest BCUT2D eigenvalue weighted by Gasteiger charge is -2.20. The Morgan fingerprint density at radius 3 is 2.95 bits per heavy atom. The third kappa shape index (κ3) is 2.01. The van der Waals surface area contributed by atoms with Crippen molar-refractivity contribution in [1.82, 2.24) is 9.55 Å². The number of hydrogen-bond acceptors (Lipinski definition) is 2. The van der Waals surface area contributed by atoms with Crippen molar-refractivity contribution >= 4 is 5.82 Å². The van der Waals surface area contributed by atoms with Crippen molar-refractivity contribution in [3.63, 3.8) is 0 Å². The highest BCUT2D eigenvalue weighted by Gasteiger charge is 2.22. The van der Waals surface area contributed by atoms with E-state index in [9.17, 15) is 4.39 Å². The molecule has 2 aromatic rings. The molecular weight excluding hydrogens is 241 g/mol. The first-order valence-electron chi connectivity index (χ1n) is 6.67. The number of benzene rings is 1. The predicted octanol–water partition coefficient (Wildman–Crippen LogP) is 3.16. The molecule has 1 unspecified atom stereocenters. The quantitative estimate of drug-likeness (QED) is 0.855. The molecule has 0 fully saturated rings. The van der Waals surface area contributed by atoms with E-state index in [1.807, 2.05) is 6.07 Å². The molecule has 0 radical (unpaired) electrons. The van der Waals surface area contributed by atoms with Gasteiger partial charge in [-0.25, -0.2) is 9.37 Å². The molecule has 0 spiro atoms. The van der Waals surface area contributed by atoms with Crippen LogP contribution in [-0.2, 0) is 13.0 Å². The first-order chi connectivity index (χ1) is 9.06. The zero-order valence-corrected chi connectivity index (χ0v) is 11.3. The van der Waals surface area contributed by atoms with Crippen LogP contribution in [0, 0.1) is 18.7 Å². The molecule has 100 valence electrons. The van der Waals surface area contributed by atoms with E-state index in [0.717, 1.165) is 30.8 Å². The Balaban J connectivity index is 2.08. The summed E-state index contributed by atoms with van der Waals surface area (Å²) in [6, 6.07) is 5.17. The molecule has 0 aliphatic carbocycles. The minimum Gasteiger partial charge on any atom is -0.383 e. The van der Waals surface area contributed by atoms with Crippen LogP contribution >= 0.6 is 0 Å². The van der Waals surface area contributed by atoms with E-state index in [4.69, 9.17) is 5.73 Å². The highest BCUT2D eigenvalue weighted by Crippen LogP contribution is 2.31. The highest BCUT2D eigenvalue weighted by atomic mass is 19.1. The second-order valence-electron chi connectivity index (χ2n) is 5.48. The van der Waals surface area contributed by atoms with Gasteiger partial charge in [0, 0.05) is 18.5 Å². The zero-order chi connectivity index (χ0) is 13.6. The lowest BCUT2D eigenvalue weighted by Crippen LogP contribution is -2.18. The van der Waals surface area contributed by atoms with Gasteiger partial charge in [-0.1, -0.05) is 19.1 Å². The Kier molecular flexibility index (Phi) is 2.81. The summed E-state index contributed by atoms with van der Waals surface area (Å²) in [5.74, 6) is 2.10. The summed E-state index contributed by atoms with van der Waals surface area (Å²) >= 11 is 0. The maximum Gasteiger partial charge on any atom is 0.131 e. The molecule has 4 heteroatoms. The number of nitrogen functional groups attached to an aromatic ring is 1. The van der Waals surface area contributed by atoms with E-state index in [1.54, 1.807) is 13.0 Å². The van der Waals surface area contributed by atoms with Gasteiger partial charge in [-0.2, -0.15) is 0 Å². The number of imidazole rings is 1. The lowest BCUT2D eigenvalue weighted by molar-refractivity contribution is 0.412. The summed E-state index contributed by atoms with van der Waals surface area (Å²) < 4.78 is 15.7. The second kappa shape index (κ2) is 4.37. The normalized spacial score (nSPS) is 18.4. The SMILES string of the molecule is Cc1ccc(-c2nc3n(c2N)CCC(C)C3)cc1F. The van der Waals surface area contributed by atoms with Gasteiger partial charge in [-0.15, -0.1) is 0 Å². The third-order valence-electron chi connectivity index (χ3n) is 3.91. The maximum absolute atomic E-state index is 13.7. The van der Waals surface area contributed by atoms with E-state index in [1.165, 1.54) is 6.07 Å². The zero-order valence-electron chi connectivity index (χ0n) is 11.3. The molecule has 0 saturated heterocycles. The van der Waals surface area contributed by atoms with Crippen LogP contribution < -0.4 is 5.73 Å². The van der Waals surface area contributed by atoms with Crippen LogP contribution in [0.3, 0.4) is 0 Å². The molecule has 0 amide bonds. The monoisotopic (exact) mass is 259 g/mol. The fourth-order valence-corrected chi connectivity index (χ4v) is 2.63. The predicted molar refractivity (Wildman–Crippen MR) is 74.3 cm³/mol. The van der Waals surface area contributed by atoms with E-state index >= 15 is 0 Å². The van der Waals surface area contributed by atoms with Crippen molar-refractivity contribution in [2.24, 2.45) is 5.92 Å². The number of fused-ring (bicyclic) bond motifs is 1. The highest BCUT2D eigenvalue weighted by molar-refractivity contribution is 5.71. The van der Waals surface area contributed by atoms with Crippen molar-refractivity contribution in [3.8, 4) is 11.3 Å². The number of anilines is 1. The molecule has 0 bridgehead atoms. The number of nitrogens with two attached hydrogens (primary N) is 1. The standard InChI is InChI=1S/C15H18FN3/c1-9-5-6-19-13(7-9)18-14(15(19)17)11-4-3-10(2)12(16)8-11/h3-4,8-9H,5-7,17H2,1-2H3. The Hall–Kier alpha value is -1.84. The van der Waals surface area contributed by atoms with Gasteiger partial charge in [0.2, 0.25) is 0 Å². The molecule has 0 saturated carbocycles. The van der Waals surface area contributed by atoms with E-state index < -0.39 is 0 Å². The Bertz CT molecular complexity index is 631. The Labute approximate surface area is 112 Å². The summed E-state index contributed by atoms with van der Waals surface area (Å²) in [6.07, 6.45) is 2.06. The largest absolute Gasteiger partial charge is 0.383 e. The van der Waals surface area contributed by atoms with Gasteiger partial charge >= 0.3 is 0 Å². The molecule has 1 aliphatic rings. The van der Waals surface area contributed by atoms with Crippen LogP contribution in [0.1, 0.15) is 24.7 Å². The molecule has 2 N–H and O–H groups in total. The Morgan fingerprint density at radius 2 is 2.21 bits per heavy atom. The number of nitrogens with zero attached hydrogens (tertiary/aromatic N) is 2. The average molecular weight is 259 g/mol. The number of halogens is 1. The number of aromatic nitrogens is 2. The van der Waals surface area contributed by atoms with Gasteiger partial charge in [0.05, 0.1) is 0 Å². The van der Waals surface area contributed by atoms with Gasteiger partial charge < -0.3 is 10.3 Å². The molecular formula is C15H18FN3. The molecule has 2 heterocycles. The van der Waals surface area contributed by atoms with Gasteiger partial charge in [-0.3, -0.25) is 0 Å². The van der Waals surface area contributed by atoms with Crippen molar-refractivity contribution in [3.05, 3.63) is 35.4 Å². The molecule has 1 aliphatic heterocycles. The van der Waals surface area contributed by atoms with Crippen molar-refractivity contribution in [2.45, 2.75) is 33.2 Å². The first kappa shape index (κ1) is 12.2. The van der Waals surface area contributed by atoms with E-state index in [-0.39, 0.29) is 5.82 Å². The molecule has 1 aromatic heterocycles. The summed E-state index contributed by atoms with van der Waals surface area (Å²) in [7, 11) is 0. The smallest absolute Gasteiger partial charge is 0.131 e. The van der Waals surface area contributed by atoms with E-state index in [2.05, 4.69) is 16.5 Å². The van der Waals surface area contributed by atoms with Gasteiger partial charge in [0.25, 0.3) is 0 Å². The van der Waals surface area contributed by atoms with Crippen LogP contribution in [0.2, 0.25) is 0 Å². The Morgan fingerprint density at radius 1 is 1.42 bits per heavy atom. The van der Waals surface area contributed by atoms with Crippen molar-refractivity contribution in [2.75, 3.05) is 5.73 Å². The van der Waals surface area contributed by atoms with E-state index in [0.29, 0.717) is 23.0 Å². The fourth-order valence-electron chi connectivity index (χ4n) is 2.63. The van der Waals surface area contributed by atoms with Gasteiger partial charge in [0.15, 0.2) is 0 Å². The lowest BCUT2D eigenvalue weighted by atomic mass is 10.0. The molecule has 1 atom stereocenters. The topological polar surface area (TPSA) is 43.8 Å². The van der Waals surface area contributed by atoms with Crippen molar-refractivity contribution < 1.29 is 4.39 Å².